The molecule has 2 N–H and O–H groups in total. The minimum Gasteiger partial charge on any atom is -0.454 e. The van der Waals surface area contributed by atoms with Gasteiger partial charge in [-0.2, -0.15) is 0 Å². The molecule has 2 aromatic carbocycles. The second-order valence-electron chi connectivity index (χ2n) is 5.91. The van der Waals surface area contributed by atoms with Crippen molar-refractivity contribution in [2.24, 2.45) is 0 Å². The first kappa shape index (κ1) is 15.7. The summed E-state index contributed by atoms with van der Waals surface area (Å²) >= 11 is 1.56. The maximum absolute atomic E-state index is 12.5. The van der Waals surface area contributed by atoms with Gasteiger partial charge in [-0.3, -0.25) is 4.40 Å². The first-order valence-corrected chi connectivity index (χ1v) is 9.13. The number of carbonyl (C=O) groups excluding carboxylic acids is 1. The molecule has 5 rings (SSSR count). The third-order valence-corrected chi connectivity index (χ3v) is 4.95. The number of nitrogens with zero attached hydrogens (tertiary/aromatic N) is 2. The molecule has 0 atom stereocenters. The molecule has 2 amide bonds. The van der Waals surface area contributed by atoms with E-state index in [2.05, 4.69) is 15.6 Å². The van der Waals surface area contributed by atoms with Crippen LogP contribution in [-0.4, -0.2) is 22.2 Å². The number of imidazole rings is 1. The number of amides is 2. The smallest absolute Gasteiger partial charge is 0.323 e. The molecule has 0 radical (unpaired) electrons. The molecule has 1 aliphatic rings. The normalized spacial score (nSPS) is 12.3. The predicted molar refractivity (Wildman–Crippen MR) is 104 cm³/mol. The molecule has 8 heteroatoms. The Morgan fingerprint density at radius 1 is 1.11 bits per heavy atom. The molecule has 2 aromatic heterocycles. The van der Waals surface area contributed by atoms with Crippen LogP contribution in [0.25, 0.3) is 16.2 Å². The summed E-state index contributed by atoms with van der Waals surface area (Å²) < 4.78 is 12.6. The van der Waals surface area contributed by atoms with Crippen molar-refractivity contribution >= 4 is 33.7 Å². The highest BCUT2D eigenvalue weighted by atomic mass is 32.1. The number of hydrogen-bond donors (Lipinski definition) is 2. The highest BCUT2D eigenvalue weighted by molar-refractivity contribution is 7.15. The Morgan fingerprint density at radius 3 is 2.93 bits per heavy atom. The number of carbonyl (C=O) groups is 1. The first-order chi connectivity index (χ1) is 13.3. The topological polar surface area (TPSA) is 76.9 Å². The van der Waals surface area contributed by atoms with E-state index in [0.29, 0.717) is 22.9 Å². The van der Waals surface area contributed by atoms with Gasteiger partial charge in [-0.25, -0.2) is 9.78 Å². The molecule has 0 fully saturated rings. The second kappa shape index (κ2) is 6.33. The molecule has 0 unspecified atom stereocenters. The van der Waals surface area contributed by atoms with Crippen LogP contribution in [0.1, 0.15) is 0 Å². The number of fused-ring (bicyclic) bond motifs is 2. The van der Waals surface area contributed by atoms with Gasteiger partial charge >= 0.3 is 6.03 Å². The number of benzene rings is 2. The van der Waals surface area contributed by atoms with Crippen LogP contribution in [0.3, 0.4) is 0 Å². The van der Waals surface area contributed by atoms with Crippen LogP contribution in [0.4, 0.5) is 16.2 Å². The number of aromatic nitrogens is 2. The summed E-state index contributed by atoms with van der Waals surface area (Å²) in [6.07, 6.45) is 3.90. The summed E-state index contributed by atoms with van der Waals surface area (Å²) in [6, 6.07) is 12.5. The van der Waals surface area contributed by atoms with Gasteiger partial charge in [0.15, 0.2) is 16.5 Å². The van der Waals surface area contributed by atoms with Crippen LogP contribution in [0.5, 0.6) is 11.5 Å². The largest absolute Gasteiger partial charge is 0.454 e. The van der Waals surface area contributed by atoms with Crippen LogP contribution in [0, 0.1) is 0 Å². The van der Waals surface area contributed by atoms with Gasteiger partial charge in [0.2, 0.25) is 6.79 Å². The van der Waals surface area contributed by atoms with Crippen molar-refractivity contribution in [2.75, 3.05) is 17.4 Å². The third-order valence-electron chi connectivity index (χ3n) is 4.17. The molecule has 7 nitrogen and oxygen atoms in total. The molecule has 0 saturated heterocycles. The van der Waals surface area contributed by atoms with E-state index in [-0.39, 0.29) is 12.8 Å². The molecule has 1 aliphatic heterocycles. The molecule has 0 saturated carbocycles. The van der Waals surface area contributed by atoms with Crippen molar-refractivity contribution in [1.29, 1.82) is 0 Å². The Balaban J connectivity index is 1.37. The van der Waals surface area contributed by atoms with Crippen molar-refractivity contribution < 1.29 is 14.3 Å². The lowest BCUT2D eigenvalue weighted by molar-refractivity contribution is 0.174. The van der Waals surface area contributed by atoms with E-state index >= 15 is 0 Å². The lowest BCUT2D eigenvalue weighted by atomic mass is 10.1. The highest BCUT2D eigenvalue weighted by Crippen LogP contribution is 2.34. The van der Waals surface area contributed by atoms with E-state index in [1.807, 2.05) is 46.4 Å². The van der Waals surface area contributed by atoms with Gasteiger partial charge in [0, 0.05) is 35.1 Å². The average Bonchev–Trinajstić information content (AvgIpc) is 3.37. The lowest BCUT2D eigenvalue weighted by Crippen LogP contribution is -2.19. The summed E-state index contributed by atoms with van der Waals surface area (Å²) in [6.45, 7) is 0.195. The van der Waals surface area contributed by atoms with Gasteiger partial charge < -0.3 is 20.1 Å². The molecule has 27 heavy (non-hydrogen) atoms. The lowest BCUT2D eigenvalue weighted by Gasteiger charge is -2.11. The quantitative estimate of drug-likeness (QED) is 0.553. The number of para-hydroxylation sites is 1. The molecule has 0 aliphatic carbocycles. The van der Waals surface area contributed by atoms with E-state index < -0.39 is 0 Å². The molecule has 0 spiro atoms. The summed E-state index contributed by atoms with van der Waals surface area (Å²) in [7, 11) is 0. The fourth-order valence-electron chi connectivity index (χ4n) is 2.93. The van der Waals surface area contributed by atoms with Crippen LogP contribution in [0.15, 0.2) is 60.2 Å². The van der Waals surface area contributed by atoms with Crippen molar-refractivity contribution in [3.63, 3.8) is 0 Å². The van der Waals surface area contributed by atoms with Gasteiger partial charge in [-0.1, -0.05) is 18.2 Å². The number of nitrogens with one attached hydrogen (secondary N) is 2. The third kappa shape index (κ3) is 2.96. The molecule has 134 valence electrons. The number of ether oxygens (including phenoxy) is 2. The van der Waals surface area contributed by atoms with Crippen LogP contribution < -0.4 is 20.1 Å². The van der Waals surface area contributed by atoms with Gasteiger partial charge in [-0.05, 0) is 18.2 Å². The van der Waals surface area contributed by atoms with Crippen LogP contribution in [0.2, 0.25) is 0 Å². The minimum atomic E-state index is -0.345. The predicted octanol–water partition coefficient (Wildman–Crippen LogP) is 4.44. The van der Waals surface area contributed by atoms with Crippen LogP contribution in [-0.2, 0) is 0 Å². The Morgan fingerprint density at radius 2 is 2.00 bits per heavy atom. The monoisotopic (exact) mass is 378 g/mol. The summed E-state index contributed by atoms with van der Waals surface area (Å²) in [4.78, 5) is 18.0. The molecule has 0 bridgehead atoms. The molecular weight excluding hydrogens is 364 g/mol. The maximum atomic E-state index is 12.5. The van der Waals surface area contributed by atoms with Gasteiger partial charge in [-0.15, -0.1) is 11.3 Å². The molecular formula is C19H14N4O3S. The van der Waals surface area contributed by atoms with Crippen molar-refractivity contribution in [1.82, 2.24) is 9.38 Å². The number of hydrogen-bond acceptors (Lipinski definition) is 5. The van der Waals surface area contributed by atoms with Crippen LogP contribution >= 0.6 is 11.3 Å². The highest BCUT2D eigenvalue weighted by Gasteiger charge is 2.15. The Labute approximate surface area is 158 Å². The van der Waals surface area contributed by atoms with E-state index in [0.717, 1.165) is 16.2 Å². The Kier molecular flexibility index (Phi) is 3.68. The molecule has 4 aromatic rings. The number of urea groups is 1. The van der Waals surface area contributed by atoms with Crippen molar-refractivity contribution in [2.45, 2.75) is 0 Å². The SMILES string of the molecule is O=C(Nc1ccc2c(c1)OCO2)Nc1ccccc1-c1cn2ccsc2n1. The second-order valence-corrected chi connectivity index (χ2v) is 6.78. The zero-order chi connectivity index (χ0) is 18.2. The van der Waals surface area contributed by atoms with E-state index in [4.69, 9.17) is 9.47 Å². The number of anilines is 2. The minimum absolute atomic E-state index is 0.195. The molecule has 3 heterocycles. The van der Waals surface area contributed by atoms with Crippen molar-refractivity contribution in [3.8, 4) is 22.8 Å². The standard InChI is InChI=1S/C19H14N4O3S/c24-18(20-12-5-6-16-17(9-12)26-11-25-16)21-14-4-2-1-3-13(14)15-10-23-7-8-27-19(23)22-15/h1-10H,11H2,(H2,20,21,24). The maximum Gasteiger partial charge on any atom is 0.323 e. The van der Waals surface area contributed by atoms with Gasteiger partial charge in [0.05, 0.1) is 11.4 Å². The average molecular weight is 378 g/mol. The number of thiazole rings is 1. The summed E-state index contributed by atoms with van der Waals surface area (Å²) in [5.41, 5.74) is 2.97. The summed E-state index contributed by atoms with van der Waals surface area (Å²) in [5.74, 6) is 1.29. The zero-order valence-electron chi connectivity index (χ0n) is 14.0. The zero-order valence-corrected chi connectivity index (χ0v) is 14.8. The van der Waals surface area contributed by atoms with Gasteiger partial charge in [0.25, 0.3) is 0 Å². The fraction of sp³-hybridized carbons (Fsp3) is 0.0526. The fourth-order valence-corrected chi connectivity index (χ4v) is 3.63. The summed E-state index contributed by atoms with van der Waals surface area (Å²) in [5, 5.41) is 7.69. The van der Waals surface area contributed by atoms with E-state index in [1.165, 1.54) is 0 Å². The van der Waals surface area contributed by atoms with Gasteiger partial charge in [0.1, 0.15) is 0 Å². The number of rotatable bonds is 3. The Hall–Kier alpha value is -3.52. The van der Waals surface area contributed by atoms with Crippen molar-refractivity contribution in [3.05, 3.63) is 60.2 Å². The Bertz CT molecular complexity index is 1120. The first-order valence-electron chi connectivity index (χ1n) is 8.25. The van der Waals surface area contributed by atoms with E-state index in [9.17, 15) is 4.79 Å². The van der Waals surface area contributed by atoms with E-state index in [1.54, 1.807) is 29.5 Å².